The first-order valence-corrected chi connectivity index (χ1v) is 18.6. The van der Waals surface area contributed by atoms with Crippen molar-refractivity contribution in [1.29, 1.82) is 0 Å². The van der Waals surface area contributed by atoms with E-state index in [0.717, 1.165) is 99.3 Å². The van der Waals surface area contributed by atoms with Crippen molar-refractivity contribution in [2.24, 2.45) is 0 Å². The average molecular weight is 721 g/mol. The van der Waals surface area contributed by atoms with Gasteiger partial charge in [0, 0.05) is 44.0 Å². The van der Waals surface area contributed by atoms with Crippen LogP contribution in [-0.2, 0) is 0 Å². The van der Waals surface area contributed by atoms with Crippen LogP contribution < -0.4 is 5.46 Å². The lowest BCUT2D eigenvalue weighted by atomic mass is 9.77. The molecule has 0 saturated heterocycles. The minimum atomic E-state index is -1.71. The lowest BCUT2D eigenvalue weighted by molar-refractivity contribution is 0.426. The quantitative estimate of drug-likeness (QED) is 0.172. The van der Waals surface area contributed by atoms with Gasteiger partial charge in [0.15, 0.2) is 0 Å². The highest BCUT2D eigenvalue weighted by Crippen LogP contribution is 2.43. The summed E-state index contributed by atoms with van der Waals surface area (Å²) in [6, 6.07) is 47.5. The second-order valence-corrected chi connectivity index (χ2v) is 14.2. The third-order valence-electron chi connectivity index (χ3n) is 10.2. The van der Waals surface area contributed by atoms with Gasteiger partial charge in [-0.05, 0) is 71.2 Å². The fourth-order valence-electron chi connectivity index (χ4n) is 8.02. The fraction of sp³-hybridized carbons (Fsp3) is 0. The van der Waals surface area contributed by atoms with Gasteiger partial charge in [-0.15, -0.1) is 0 Å². The molecular formula is C42H25BN6O2S2. The smallest absolute Gasteiger partial charge is 0.423 e. The molecule has 4 aromatic heterocycles. The SMILES string of the molecule is OB(O)c1cc(-c2cc3c(c4ccccc4n3-c3ccccc3)c3nsnc23)cc(-c2cc3c(c4ccccc4n3-c3ccccc3)c3nsnc23)c1. The number of para-hydroxylation sites is 4. The zero-order valence-corrected chi connectivity index (χ0v) is 29.4. The van der Waals surface area contributed by atoms with Crippen molar-refractivity contribution < 1.29 is 10.0 Å². The average Bonchev–Trinajstić information content (AvgIpc) is 4.01. The first-order chi connectivity index (χ1) is 26.1. The Bertz CT molecular complexity index is 3010. The number of nitrogens with zero attached hydrogens (tertiary/aromatic N) is 6. The molecule has 11 heteroatoms. The van der Waals surface area contributed by atoms with Gasteiger partial charge in [-0.2, -0.15) is 17.5 Å². The van der Waals surface area contributed by atoms with Crippen LogP contribution in [0.5, 0.6) is 0 Å². The van der Waals surface area contributed by atoms with Crippen LogP contribution in [0.15, 0.2) is 140 Å². The molecule has 7 aromatic carbocycles. The Morgan fingerprint density at radius 3 is 1.30 bits per heavy atom. The second-order valence-electron chi connectivity index (χ2n) is 13.2. The number of aromatic nitrogens is 6. The first-order valence-electron chi connectivity index (χ1n) is 17.1. The highest BCUT2D eigenvalue weighted by molar-refractivity contribution is 7.00. The largest absolute Gasteiger partial charge is 0.488 e. The third kappa shape index (κ3) is 4.49. The van der Waals surface area contributed by atoms with Crippen molar-refractivity contribution >= 4 is 102 Å². The molecule has 0 unspecified atom stereocenters. The maximum atomic E-state index is 10.7. The van der Waals surface area contributed by atoms with Gasteiger partial charge in [0.25, 0.3) is 0 Å². The third-order valence-corrected chi connectivity index (χ3v) is 11.3. The molecule has 0 bridgehead atoms. The van der Waals surface area contributed by atoms with Crippen LogP contribution in [0.1, 0.15) is 0 Å². The van der Waals surface area contributed by atoms with Crippen molar-refractivity contribution in [3.8, 4) is 33.6 Å². The summed E-state index contributed by atoms with van der Waals surface area (Å²) < 4.78 is 23.9. The van der Waals surface area contributed by atoms with E-state index in [1.807, 2.05) is 48.5 Å². The second kappa shape index (κ2) is 11.6. The lowest BCUT2D eigenvalue weighted by Gasteiger charge is -2.14. The predicted molar refractivity (Wildman–Crippen MR) is 218 cm³/mol. The Hall–Kier alpha value is -6.24. The number of benzene rings is 7. The first kappa shape index (κ1) is 30.4. The van der Waals surface area contributed by atoms with Crippen LogP contribution in [0.25, 0.3) is 99.3 Å². The summed E-state index contributed by atoms with van der Waals surface area (Å²) in [4.78, 5) is 0. The summed E-state index contributed by atoms with van der Waals surface area (Å²) >= 11 is 2.36. The molecule has 11 aromatic rings. The molecule has 0 amide bonds. The molecule has 0 spiro atoms. The molecule has 250 valence electrons. The Labute approximate surface area is 310 Å². The van der Waals surface area contributed by atoms with Crippen molar-refractivity contribution in [3.63, 3.8) is 0 Å². The van der Waals surface area contributed by atoms with E-state index in [-0.39, 0.29) is 0 Å². The zero-order valence-electron chi connectivity index (χ0n) is 27.8. The molecule has 0 atom stereocenters. The summed E-state index contributed by atoms with van der Waals surface area (Å²) in [5.74, 6) is 0. The van der Waals surface area contributed by atoms with Gasteiger partial charge in [-0.3, -0.25) is 0 Å². The minimum Gasteiger partial charge on any atom is -0.423 e. The Morgan fingerprint density at radius 1 is 0.434 bits per heavy atom. The summed E-state index contributed by atoms with van der Waals surface area (Å²) in [6.07, 6.45) is 0. The summed E-state index contributed by atoms with van der Waals surface area (Å²) in [6.45, 7) is 0. The van der Waals surface area contributed by atoms with Crippen LogP contribution in [0.3, 0.4) is 0 Å². The van der Waals surface area contributed by atoms with Crippen molar-refractivity contribution in [1.82, 2.24) is 26.6 Å². The number of hydrogen-bond donors (Lipinski definition) is 2. The molecule has 0 aliphatic rings. The molecule has 53 heavy (non-hydrogen) atoms. The summed E-state index contributed by atoms with van der Waals surface area (Å²) in [7, 11) is -1.71. The predicted octanol–water partition coefficient (Wildman–Crippen LogP) is 8.90. The zero-order chi connectivity index (χ0) is 35.2. The van der Waals surface area contributed by atoms with Crippen LogP contribution in [-0.4, -0.2) is 43.8 Å². The van der Waals surface area contributed by atoms with Gasteiger partial charge in [0.05, 0.1) is 45.5 Å². The van der Waals surface area contributed by atoms with Crippen LogP contribution >= 0.6 is 23.5 Å². The molecular weight excluding hydrogens is 695 g/mol. The monoisotopic (exact) mass is 720 g/mol. The van der Waals surface area contributed by atoms with E-state index in [1.165, 1.54) is 23.5 Å². The Morgan fingerprint density at radius 2 is 0.849 bits per heavy atom. The topological polar surface area (TPSA) is 102 Å². The molecule has 0 fully saturated rings. The number of fused-ring (bicyclic) bond motifs is 10. The van der Waals surface area contributed by atoms with Gasteiger partial charge in [-0.25, -0.2) is 0 Å². The molecule has 0 saturated carbocycles. The van der Waals surface area contributed by atoms with E-state index >= 15 is 0 Å². The van der Waals surface area contributed by atoms with E-state index < -0.39 is 7.12 Å². The molecule has 0 aliphatic carbocycles. The number of hydrogen-bond acceptors (Lipinski definition) is 8. The van der Waals surface area contributed by atoms with E-state index in [9.17, 15) is 10.0 Å². The van der Waals surface area contributed by atoms with Crippen molar-refractivity contribution in [2.45, 2.75) is 0 Å². The van der Waals surface area contributed by atoms with Crippen LogP contribution in [0, 0.1) is 0 Å². The van der Waals surface area contributed by atoms with Gasteiger partial charge in [-0.1, -0.05) is 84.9 Å². The van der Waals surface area contributed by atoms with Crippen molar-refractivity contribution in [2.75, 3.05) is 0 Å². The maximum Gasteiger partial charge on any atom is 0.488 e. The van der Waals surface area contributed by atoms with Crippen LogP contribution in [0.4, 0.5) is 0 Å². The van der Waals surface area contributed by atoms with E-state index in [0.29, 0.717) is 5.46 Å². The Balaban J connectivity index is 1.22. The minimum absolute atomic E-state index is 0.359. The normalized spacial score (nSPS) is 12.0. The standard InChI is InChI=1S/C42H25BN6O2S2/c50-43(51)26-20-24(31-22-35-37(41-39(31)44-52-46-41)29-15-7-9-17-33(29)48(35)27-11-3-1-4-12-27)19-25(21-26)32-23-36-38(42-40(32)45-53-47-42)30-16-8-10-18-34(30)49(36)28-13-5-2-6-14-28/h1-23,50-51H. The fourth-order valence-corrected chi connectivity index (χ4v) is 9.15. The molecule has 11 rings (SSSR count). The summed E-state index contributed by atoms with van der Waals surface area (Å²) in [5, 5.41) is 25.7. The van der Waals surface area contributed by atoms with Gasteiger partial charge < -0.3 is 19.2 Å². The van der Waals surface area contributed by atoms with E-state index in [1.54, 1.807) is 0 Å². The summed E-state index contributed by atoms with van der Waals surface area (Å²) in [5.41, 5.74) is 12.9. The molecule has 4 heterocycles. The van der Waals surface area contributed by atoms with Gasteiger partial charge in [0.2, 0.25) is 0 Å². The highest BCUT2D eigenvalue weighted by atomic mass is 32.1. The van der Waals surface area contributed by atoms with E-state index in [2.05, 4.69) is 100 Å². The number of rotatable bonds is 5. The molecule has 0 radical (unpaired) electrons. The maximum absolute atomic E-state index is 10.7. The van der Waals surface area contributed by atoms with Gasteiger partial charge >= 0.3 is 7.12 Å². The van der Waals surface area contributed by atoms with Crippen LogP contribution in [0.2, 0.25) is 0 Å². The molecule has 2 N–H and O–H groups in total. The van der Waals surface area contributed by atoms with E-state index in [4.69, 9.17) is 17.5 Å². The lowest BCUT2D eigenvalue weighted by Crippen LogP contribution is -2.30. The Kier molecular flexibility index (Phi) is 6.68. The van der Waals surface area contributed by atoms with Gasteiger partial charge in [0.1, 0.15) is 22.1 Å². The molecule has 8 nitrogen and oxygen atoms in total. The molecule has 0 aliphatic heterocycles. The highest BCUT2D eigenvalue weighted by Gasteiger charge is 2.25. The van der Waals surface area contributed by atoms with Crippen molar-refractivity contribution in [3.05, 3.63) is 140 Å².